The molecule has 0 radical (unpaired) electrons. The number of hydrogen-bond acceptors (Lipinski definition) is 1. The number of halogens is 2. The van der Waals surface area contributed by atoms with Crippen LogP contribution in [0.15, 0.2) is 4.99 Å². The maximum absolute atomic E-state index is 5.66. The Morgan fingerprint density at radius 3 is 2.38 bits per heavy atom. The molecule has 0 amide bonds. The van der Waals surface area contributed by atoms with Crippen molar-refractivity contribution in [2.45, 2.75) is 10.8 Å². The van der Waals surface area contributed by atoms with Gasteiger partial charge < -0.3 is 4.99 Å². The highest BCUT2D eigenvalue weighted by atomic mass is 35.5. The second kappa shape index (κ2) is 1.89. The summed E-state index contributed by atoms with van der Waals surface area (Å²) in [4.78, 5) is 3.80. The van der Waals surface area contributed by atoms with Crippen LogP contribution in [0.3, 0.4) is 0 Å². The van der Waals surface area contributed by atoms with E-state index in [1.54, 1.807) is 13.3 Å². The van der Waals surface area contributed by atoms with E-state index >= 15 is 0 Å². The molecule has 1 saturated carbocycles. The van der Waals surface area contributed by atoms with Crippen molar-refractivity contribution in [1.82, 2.24) is 0 Å². The predicted molar refractivity (Wildman–Crippen MR) is 37.0 cm³/mol. The fraction of sp³-hybridized carbons (Fsp3) is 0.800. The summed E-state index contributed by atoms with van der Waals surface area (Å²) in [5.74, 6) is 0.302. The molecule has 0 N–H and O–H groups in total. The SMILES string of the molecule is CN=CC1CC1(Cl)Cl. The number of aliphatic imine (C=N–C) groups is 1. The summed E-state index contributed by atoms with van der Waals surface area (Å²) in [7, 11) is 1.72. The number of hydrogen-bond donors (Lipinski definition) is 0. The molecule has 0 aromatic rings. The molecule has 0 aromatic carbocycles. The summed E-state index contributed by atoms with van der Waals surface area (Å²) in [6.45, 7) is 0. The first-order chi connectivity index (χ1) is 3.67. The fourth-order valence-corrected chi connectivity index (χ4v) is 1.02. The molecular formula is C5H7Cl2N. The van der Waals surface area contributed by atoms with Crippen LogP contribution in [0.4, 0.5) is 0 Å². The van der Waals surface area contributed by atoms with Gasteiger partial charge in [-0.2, -0.15) is 0 Å². The normalized spacial score (nSPS) is 33.6. The van der Waals surface area contributed by atoms with Crippen LogP contribution in [0.2, 0.25) is 0 Å². The minimum absolute atomic E-state index is 0.302. The second-order valence-electron chi connectivity index (χ2n) is 1.98. The molecule has 1 rings (SSSR count). The molecule has 1 atom stereocenters. The van der Waals surface area contributed by atoms with Crippen LogP contribution in [0, 0.1) is 5.92 Å². The minimum atomic E-state index is -0.487. The molecule has 1 nitrogen and oxygen atoms in total. The summed E-state index contributed by atoms with van der Waals surface area (Å²) in [6.07, 6.45) is 2.65. The van der Waals surface area contributed by atoms with E-state index in [1.807, 2.05) is 0 Å². The lowest BCUT2D eigenvalue weighted by Gasteiger charge is -1.87. The van der Waals surface area contributed by atoms with Gasteiger partial charge in [0.2, 0.25) is 0 Å². The molecule has 1 fully saturated rings. The van der Waals surface area contributed by atoms with Gasteiger partial charge in [-0.15, -0.1) is 23.2 Å². The van der Waals surface area contributed by atoms with Gasteiger partial charge in [-0.1, -0.05) is 0 Å². The molecule has 1 unspecified atom stereocenters. The van der Waals surface area contributed by atoms with Gasteiger partial charge in [-0.05, 0) is 6.42 Å². The quantitative estimate of drug-likeness (QED) is 0.401. The molecule has 8 heavy (non-hydrogen) atoms. The van der Waals surface area contributed by atoms with Crippen molar-refractivity contribution in [2.75, 3.05) is 7.05 Å². The Morgan fingerprint density at radius 2 is 2.25 bits per heavy atom. The molecule has 3 heteroatoms. The van der Waals surface area contributed by atoms with Gasteiger partial charge in [-0.3, -0.25) is 0 Å². The minimum Gasteiger partial charge on any atom is -0.300 e. The van der Waals surface area contributed by atoms with Gasteiger partial charge >= 0.3 is 0 Å². The lowest BCUT2D eigenvalue weighted by molar-refractivity contribution is 1.18. The smallest absolute Gasteiger partial charge is 0.126 e. The number of alkyl halides is 2. The third-order valence-corrected chi connectivity index (χ3v) is 2.07. The Hall–Kier alpha value is 0.250. The zero-order valence-corrected chi connectivity index (χ0v) is 6.08. The summed E-state index contributed by atoms with van der Waals surface area (Å²) >= 11 is 11.3. The zero-order valence-electron chi connectivity index (χ0n) is 4.56. The fourth-order valence-electron chi connectivity index (χ4n) is 0.576. The molecule has 1 aliphatic carbocycles. The van der Waals surface area contributed by atoms with Gasteiger partial charge in [0.15, 0.2) is 0 Å². The maximum Gasteiger partial charge on any atom is 0.126 e. The van der Waals surface area contributed by atoms with Crippen molar-refractivity contribution >= 4 is 29.4 Å². The first-order valence-corrected chi connectivity index (χ1v) is 3.22. The Labute approximate surface area is 58.7 Å². The summed E-state index contributed by atoms with van der Waals surface area (Å²) in [6, 6.07) is 0. The van der Waals surface area contributed by atoms with Crippen LogP contribution < -0.4 is 0 Å². The largest absolute Gasteiger partial charge is 0.300 e. The summed E-state index contributed by atoms with van der Waals surface area (Å²) in [5, 5.41) is 0. The van der Waals surface area contributed by atoms with E-state index < -0.39 is 4.33 Å². The molecule has 1 aliphatic rings. The molecule has 46 valence electrons. The maximum atomic E-state index is 5.66. The topological polar surface area (TPSA) is 12.4 Å². The third-order valence-electron chi connectivity index (χ3n) is 1.20. The van der Waals surface area contributed by atoms with Gasteiger partial charge in [0.1, 0.15) is 4.33 Å². The lowest BCUT2D eigenvalue weighted by atomic mass is 10.5. The van der Waals surface area contributed by atoms with Crippen molar-refractivity contribution in [2.24, 2.45) is 10.9 Å². The highest BCUT2D eigenvalue weighted by Crippen LogP contribution is 2.51. The molecule has 0 saturated heterocycles. The van der Waals surface area contributed by atoms with Crippen molar-refractivity contribution in [1.29, 1.82) is 0 Å². The van der Waals surface area contributed by atoms with Crippen LogP contribution in [-0.2, 0) is 0 Å². The van der Waals surface area contributed by atoms with E-state index in [2.05, 4.69) is 4.99 Å². The van der Waals surface area contributed by atoms with E-state index in [1.165, 1.54) is 0 Å². The Morgan fingerprint density at radius 1 is 1.75 bits per heavy atom. The van der Waals surface area contributed by atoms with E-state index in [4.69, 9.17) is 23.2 Å². The average molecular weight is 152 g/mol. The van der Waals surface area contributed by atoms with Gasteiger partial charge in [-0.25, -0.2) is 0 Å². The highest BCUT2D eigenvalue weighted by molar-refractivity contribution is 6.52. The van der Waals surface area contributed by atoms with E-state index in [0.29, 0.717) is 5.92 Å². The number of rotatable bonds is 1. The Bertz CT molecular complexity index is 120. The van der Waals surface area contributed by atoms with E-state index in [0.717, 1.165) is 6.42 Å². The van der Waals surface area contributed by atoms with E-state index in [9.17, 15) is 0 Å². The number of nitrogens with zero attached hydrogens (tertiary/aromatic N) is 1. The van der Waals surface area contributed by atoms with Crippen molar-refractivity contribution in [3.63, 3.8) is 0 Å². The van der Waals surface area contributed by atoms with Crippen LogP contribution in [0.25, 0.3) is 0 Å². The monoisotopic (exact) mass is 151 g/mol. The standard InChI is InChI=1S/C5H7Cl2N/c1-8-3-4-2-5(4,6)7/h3-4H,2H2,1H3. The van der Waals surface area contributed by atoms with Crippen LogP contribution in [-0.4, -0.2) is 17.6 Å². The van der Waals surface area contributed by atoms with Crippen LogP contribution in [0.5, 0.6) is 0 Å². The Kier molecular flexibility index (Phi) is 1.50. The van der Waals surface area contributed by atoms with Crippen LogP contribution in [0.1, 0.15) is 6.42 Å². The second-order valence-corrected chi connectivity index (χ2v) is 3.52. The average Bonchev–Trinajstić information content (AvgIpc) is 2.15. The van der Waals surface area contributed by atoms with E-state index in [-0.39, 0.29) is 0 Å². The van der Waals surface area contributed by atoms with Crippen LogP contribution >= 0.6 is 23.2 Å². The summed E-state index contributed by atoms with van der Waals surface area (Å²) in [5.41, 5.74) is 0. The third kappa shape index (κ3) is 1.15. The molecular weight excluding hydrogens is 145 g/mol. The van der Waals surface area contributed by atoms with Crippen molar-refractivity contribution in [3.05, 3.63) is 0 Å². The first-order valence-electron chi connectivity index (χ1n) is 2.47. The summed E-state index contributed by atoms with van der Waals surface area (Å²) < 4.78 is -0.487. The highest BCUT2D eigenvalue weighted by Gasteiger charge is 2.50. The predicted octanol–water partition coefficient (Wildman–Crippen LogP) is 1.88. The zero-order chi connectivity index (χ0) is 6.20. The van der Waals surface area contributed by atoms with Gasteiger partial charge in [0.25, 0.3) is 0 Å². The molecule has 0 bridgehead atoms. The molecule has 0 spiro atoms. The molecule has 0 aromatic heterocycles. The molecule has 0 aliphatic heterocycles. The first kappa shape index (κ1) is 6.37. The van der Waals surface area contributed by atoms with Gasteiger partial charge in [0.05, 0.1) is 0 Å². The van der Waals surface area contributed by atoms with Crippen molar-refractivity contribution in [3.8, 4) is 0 Å². The van der Waals surface area contributed by atoms with Crippen molar-refractivity contribution < 1.29 is 0 Å². The molecule has 0 heterocycles. The lowest BCUT2D eigenvalue weighted by Crippen LogP contribution is -1.89. The Balaban J connectivity index is 2.37. The van der Waals surface area contributed by atoms with Gasteiger partial charge in [0, 0.05) is 19.2 Å².